The van der Waals surface area contributed by atoms with Crippen molar-refractivity contribution in [1.29, 1.82) is 0 Å². The standard InChI is InChI=1S/C10H15BrN4/c1-2-7-13-10(15-12)14-9-5-3-8(11)4-6-9/h3-6H,2,7,12H2,1H3,(H2,13,14,15). The van der Waals surface area contributed by atoms with E-state index < -0.39 is 0 Å². The first-order valence-corrected chi connectivity index (χ1v) is 5.59. The lowest BCUT2D eigenvalue weighted by Gasteiger charge is -2.08. The van der Waals surface area contributed by atoms with E-state index in [0.717, 1.165) is 23.1 Å². The number of nitrogens with one attached hydrogen (secondary N) is 2. The van der Waals surface area contributed by atoms with E-state index in [0.29, 0.717) is 5.96 Å². The van der Waals surface area contributed by atoms with Crippen LogP contribution in [0.15, 0.2) is 33.7 Å². The summed E-state index contributed by atoms with van der Waals surface area (Å²) in [7, 11) is 0. The topological polar surface area (TPSA) is 62.4 Å². The van der Waals surface area contributed by atoms with Gasteiger partial charge in [0.2, 0.25) is 5.96 Å². The third-order valence-corrected chi connectivity index (χ3v) is 2.27. The summed E-state index contributed by atoms with van der Waals surface area (Å²) in [6.07, 6.45) is 0.993. The Hall–Kier alpha value is -1.07. The first-order valence-electron chi connectivity index (χ1n) is 4.80. The maximum atomic E-state index is 5.34. The van der Waals surface area contributed by atoms with Gasteiger partial charge in [0.15, 0.2) is 0 Å². The molecule has 4 nitrogen and oxygen atoms in total. The molecule has 0 radical (unpaired) electrons. The summed E-state index contributed by atoms with van der Waals surface area (Å²) in [5.41, 5.74) is 3.48. The predicted molar refractivity (Wildman–Crippen MR) is 67.7 cm³/mol. The molecule has 5 heteroatoms. The van der Waals surface area contributed by atoms with Gasteiger partial charge in [-0.1, -0.05) is 22.9 Å². The highest BCUT2D eigenvalue weighted by molar-refractivity contribution is 9.10. The quantitative estimate of drug-likeness (QED) is 0.341. The molecule has 1 rings (SSSR count). The van der Waals surface area contributed by atoms with E-state index in [9.17, 15) is 0 Å². The average molecular weight is 271 g/mol. The van der Waals surface area contributed by atoms with Crippen molar-refractivity contribution in [3.63, 3.8) is 0 Å². The van der Waals surface area contributed by atoms with Crippen LogP contribution >= 0.6 is 15.9 Å². The molecule has 4 N–H and O–H groups in total. The van der Waals surface area contributed by atoms with Gasteiger partial charge in [-0.05, 0) is 30.7 Å². The molecule has 0 heterocycles. The molecule has 82 valence electrons. The van der Waals surface area contributed by atoms with Crippen molar-refractivity contribution in [2.75, 3.05) is 11.9 Å². The first kappa shape index (κ1) is 12.0. The van der Waals surface area contributed by atoms with Crippen LogP contribution in [0.3, 0.4) is 0 Å². The maximum Gasteiger partial charge on any atom is 0.210 e. The van der Waals surface area contributed by atoms with Crippen LogP contribution in [-0.4, -0.2) is 12.5 Å². The second-order valence-corrected chi connectivity index (χ2v) is 3.92. The molecule has 0 aliphatic heterocycles. The smallest absolute Gasteiger partial charge is 0.210 e. The zero-order valence-corrected chi connectivity index (χ0v) is 10.2. The lowest BCUT2D eigenvalue weighted by Crippen LogP contribution is -2.36. The normalized spacial score (nSPS) is 11.3. The fraction of sp³-hybridized carbons (Fsp3) is 0.300. The zero-order chi connectivity index (χ0) is 11.1. The van der Waals surface area contributed by atoms with Crippen molar-refractivity contribution in [2.24, 2.45) is 10.8 Å². The van der Waals surface area contributed by atoms with E-state index in [-0.39, 0.29) is 0 Å². The van der Waals surface area contributed by atoms with E-state index in [2.05, 4.69) is 38.6 Å². The number of hydrogen-bond donors (Lipinski definition) is 3. The van der Waals surface area contributed by atoms with Gasteiger partial charge < -0.3 is 5.32 Å². The monoisotopic (exact) mass is 270 g/mol. The molecule has 0 amide bonds. The van der Waals surface area contributed by atoms with Gasteiger partial charge in [-0.25, -0.2) is 5.84 Å². The van der Waals surface area contributed by atoms with E-state index in [4.69, 9.17) is 5.84 Å². The lowest BCUT2D eigenvalue weighted by atomic mass is 10.3. The molecule has 1 aromatic carbocycles. The first-order chi connectivity index (χ1) is 7.26. The Kier molecular flexibility index (Phi) is 5.14. The van der Waals surface area contributed by atoms with Crippen molar-refractivity contribution in [3.05, 3.63) is 28.7 Å². The summed E-state index contributed by atoms with van der Waals surface area (Å²) in [6, 6.07) is 7.80. The van der Waals surface area contributed by atoms with Crippen molar-refractivity contribution >= 4 is 27.6 Å². The van der Waals surface area contributed by atoms with E-state index in [1.807, 2.05) is 24.3 Å². The number of benzene rings is 1. The van der Waals surface area contributed by atoms with Gasteiger partial charge in [0, 0.05) is 16.7 Å². The number of rotatable bonds is 3. The predicted octanol–water partition coefficient (Wildman–Crippen LogP) is 2.09. The summed E-state index contributed by atoms with van der Waals surface area (Å²) in [4.78, 5) is 4.24. The van der Waals surface area contributed by atoms with E-state index >= 15 is 0 Å². The highest BCUT2D eigenvalue weighted by atomic mass is 79.9. The molecule has 0 aliphatic carbocycles. The van der Waals surface area contributed by atoms with Gasteiger partial charge in [-0.3, -0.25) is 10.4 Å². The Balaban J connectivity index is 2.62. The summed E-state index contributed by atoms with van der Waals surface area (Å²) >= 11 is 3.37. The number of nitrogens with two attached hydrogens (primary N) is 1. The summed E-state index contributed by atoms with van der Waals surface area (Å²) in [5.74, 6) is 5.92. The Bertz CT molecular complexity index is 321. The molecular formula is C10H15BrN4. The minimum absolute atomic E-state index is 0.583. The number of guanidine groups is 1. The highest BCUT2D eigenvalue weighted by Crippen LogP contribution is 2.13. The van der Waals surface area contributed by atoms with Gasteiger partial charge in [0.1, 0.15) is 0 Å². The van der Waals surface area contributed by atoms with Gasteiger partial charge in [-0.2, -0.15) is 0 Å². The minimum Gasteiger partial charge on any atom is -0.325 e. The molecule has 0 aromatic heterocycles. The van der Waals surface area contributed by atoms with Crippen molar-refractivity contribution < 1.29 is 0 Å². The fourth-order valence-electron chi connectivity index (χ4n) is 1.01. The maximum absolute atomic E-state index is 5.34. The van der Waals surface area contributed by atoms with E-state index in [1.54, 1.807) is 0 Å². The Labute approximate surface area is 98.1 Å². The van der Waals surface area contributed by atoms with Crippen LogP contribution in [0.1, 0.15) is 13.3 Å². The van der Waals surface area contributed by atoms with Crippen molar-refractivity contribution in [3.8, 4) is 0 Å². The van der Waals surface area contributed by atoms with E-state index in [1.165, 1.54) is 0 Å². The van der Waals surface area contributed by atoms with Gasteiger partial charge in [-0.15, -0.1) is 0 Å². The average Bonchev–Trinajstić information content (AvgIpc) is 2.27. The van der Waals surface area contributed by atoms with Crippen molar-refractivity contribution in [2.45, 2.75) is 13.3 Å². The Morgan fingerprint density at radius 1 is 1.40 bits per heavy atom. The summed E-state index contributed by atoms with van der Waals surface area (Å²) in [5, 5.41) is 3.08. The molecule has 1 aromatic rings. The van der Waals surface area contributed by atoms with Gasteiger partial charge in [0.05, 0.1) is 0 Å². The molecule has 0 saturated carbocycles. The second kappa shape index (κ2) is 6.42. The zero-order valence-electron chi connectivity index (χ0n) is 8.63. The molecule has 0 bridgehead atoms. The molecular weight excluding hydrogens is 256 g/mol. The number of hydrogen-bond acceptors (Lipinski definition) is 2. The number of halogens is 1. The second-order valence-electron chi connectivity index (χ2n) is 3.01. The number of hydrazine groups is 1. The van der Waals surface area contributed by atoms with Gasteiger partial charge in [0.25, 0.3) is 0 Å². The molecule has 0 unspecified atom stereocenters. The fourth-order valence-corrected chi connectivity index (χ4v) is 1.28. The number of nitrogens with zero attached hydrogens (tertiary/aromatic N) is 1. The van der Waals surface area contributed by atoms with Crippen LogP contribution in [0.25, 0.3) is 0 Å². The Morgan fingerprint density at radius 3 is 2.60 bits per heavy atom. The van der Waals surface area contributed by atoms with Gasteiger partial charge >= 0.3 is 0 Å². The molecule has 0 spiro atoms. The number of anilines is 1. The molecule has 15 heavy (non-hydrogen) atoms. The minimum atomic E-state index is 0.583. The van der Waals surface area contributed by atoms with Crippen LogP contribution in [0.2, 0.25) is 0 Å². The third kappa shape index (κ3) is 4.31. The molecule has 0 aliphatic rings. The molecule has 0 fully saturated rings. The summed E-state index contributed by atoms with van der Waals surface area (Å²) in [6.45, 7) is 2.82. The molecule has 0 atom stereocenters. The highest BCUT2D eigenvalue weighted by Gasteiger charge is 1.96. The van der Waals surface area contributed by atoms with Crippen LogP contribution in [0, 0.1) is 0 Å². The summed E-state index contributed by atoms with van der Waals surface area (Å²) < 4.78 is 1.04. The van der Waals surface area contributed by atoms with Crippen LogP contribution in [0.5, 0.6) is 0 Å². The largest absolute Gasteiger partial charge is 0.325 e. The third-order valence-electron chi connectivity index (χ3n) is 1.74. The lowest BCUT2D eigenvalue weighted by molar-refractivity contribution is 0.905. The van der Waals surface area contributed by atoms with Crippen LogP contribution in [-0.2, 0) is 0 Å². The number of aliphatic imine (C=N–C) groups is 1. The van der Waals surface area contributed by atoms with Crippen LogP contribution in [0.4, 0.5) is 5.69 Å². The Morgan fingerprint density at radius 2 is 2.07 bits per heavy atom. The SMILES string of the molecule is CCCN=C(NN)Nc1ccc(Br)cc1. The van der Waals surface area contributed by atoms with Crippen LogP contribution < -0.4 is 16.6 Å². The van der Waals surface area contributed by atoms with Crippen molar-refractivity contribution in [1.82, 2.24) is 5.43 Å². The molecule has 0 saturated heterocycles.